The average molecular weight is 900 g/mol. The summed E-state index contributed by atoms with van der Waals surface area (Å²) >= 11 is 0. The van der Waals surface area contributed by atoms with E-state index < -0.39 is 0 Å². The summed E-state index contributed by atoms with van der Waals surface area (Å²) in [5.74, 6) is 2.57. The van der Waals surface area contributed by atoms with Gasteiger partial charge in [-0.15, -0.1) is 0 Å². The van der Waals surface area contributed by atoms with Crippen LogP contribution in [0.3, 0.4) is 0 Å². The number of aromatic nitrogens is 10. The molecule has 0 N–H and O–H groups in total. The third-order valence-electron chi connectivity index (χ3n) is 9.41. The molecule has 6 aromatic heterocycles. The van der Waals surface area contributed by atoms with Crippen molar-refractivity contribution in [1.82, 2.24) is 50.3 Å². The number of benzene rings is 3. The zero-order valence-electron chi connectivity index (χ0n) is 30.5. The van der Waals surface area contributed by atoms with Crippen molar-refractivity contribution in [1.29, 1.82) is 0 Å². The normalized spacial score (nSPS) is 11.5. The number of hydrogen-bond donors (Lipinski definition) is 0. The van der Waals surface area contributed by atoms with Crippen LogP contribution in [0.4, 0.5) is 0 Å². The number of nitrogens with zero attached hydrogens (tertiary/aromatic N) is 10. The van der Waals surface area contributed by atoms with Gasteiger partial charge >= 0.3 is 21.1 Å². The summed E-state index contributed by atoms with van der Waals surface area (Å²) < 4.78 is 0. The molecule has 1 atom stereocenters. The SMILES string of the molecule is CCC(C)Cc1nc(-c2n[n-]c(-c3ccccn3)n2)c2ccccc2c1-c1c(C)ccc2ccccc12.[Pt+2].c1ccc(-c2n[n-]c(-c3ccccn3)n2)nc1. The molecule has 3 aromatic carbocycles. The summed E-state index contributed by atoms with van der Waals surface area (Å²) in [6.07, 6.45) is 7.09. The Balaban J connectivity index is 0.000000216. The maximum absolute atomic E-state index is 5.30. The second-order valence-electron chi connectivity index (χ2n) is 13.1. The Hall–Kier alpha value is -6.25. The number of pyridine rings is 4. The molecule has 10 nitrogen and oxygen atoms in total. The van der Waals surface area contributed by atoms with Crippen molar-refractivity contribution in [3.05, 3.63) is 145 Å². The molecule has 9 rings (SSSR count). The van der Waals surface area contributed by atoms with Gasteiger partial charge < -0.3 is 20.2 Å². The Labute approximate surface area is 333 Å². The van der Waals surface area contributed by atoms with Crippen LogP contribution in [0.15, 0.2) is 134 Å². The van der Waals surface area contributed by atoms with Crippen LogP contribution in [0.5, 0.6) is 0 Å². The topological polar surface area (TPSA) is 131 Å². The fourth-order valence-electron chi connectivity index (χ4n) is 6.49. The Kier molecular flexibility index (Phi) is 11.3. The van der Waals surface area contributed by atoms with Crippen LogP contribution >= 0.6 is 0 Å². The van der Waals surface area contributed by atoms with Crippen LogP contribution in [0.25, 0.3) is 78.7 Å². The van der Waals surface area contributed by atoms with E-state index in [1.165, 1.54) is 27.5 Å². The molecular weight excluding hydrogens is 864 g/mol. The van der Waals surface area contributed by atoms with Gasteiger partial charge in [0.05, 0.1) is 34.4 Å². The Bertz CT molecular complexity index is 2610. The van der Waals surface area contributed by atoms with Gasteiger partial charge in [-0.2, -0.15) is 0 Å². The number of hydrogen-bond acceptors (Lipinski definition) is 8. The monoisotopic (exact) mass is 899 g/mol. The molecule has 0 radical (unpaired) electrons. The van der Waals surface area contributed by atoms with E-state index >= 15 is 0 Å². The quantitative estimate of drug-likeness (QED) is 0.146. The summed E-state index contributed by atoms with van der Waals surface area (Å²) in [6, 6.07) is 38.4. The predicted molar refractivity (Wildman–Crippen MR) is 212 cm³/mol. The molecule has 9 aromatic rings. The van der Waals surface area contributed by atoms with Crippen molar-refractivity contribution < 1.29 is 21.1 Å². The van der Waals surface area contributed by atoms with Crippen LogP contribution in [-0.4, -0.2) is 40.1 Å². The van der Waals surface area contributed by atoms with Gasteiger partial charge in [-0.1, -0.05) is 99.1 Å². The second-order valence-corrected chi connectivity index (χ2v) is 13.1. The fourth-order valence-corrected chi connectivity index (χ4v) is 6.49. The minimum atomic E-state index is 0. The van der Waals surface area contributed by atoms with Crippen molar-refractivity contribution >= 4 is 21.5 Å². The van der Waals surface area contributed by atoms with E-state index in [0.29, 0.717) is 46.3 Å². The molecule has 0 aliphatic carbocycles. The van der Waals surface area contributed by atoms with Gasteiger partial charge in [0, 0.05) is 35.2 Å². The molecule has 0 fully saturated rings. The number of rotatable bonds is 8. The molecule has 272 valence electrons. The Morgan fingerprint density at radius 3 is 1.71 bits per heavy atom. The van der Waals surface area contributed by atoms with E-state index in [1.807, 2.05) is 54.6 Å². The smallest absolute Gasteiger partial charge is 0.415 e. The van der Waals surface area contributed by atoms with Crippen LogP contribution in [0, 0.1) is 12.8 Å². The summed E-state index contributed by atoms with van der Waals surface area (Å²) in [5.41, 5.74) is 7.67. The molecule has 11 heteroatoms. The molecule has 55 heavy (non-hydrogen) atoms. The van der Waals surface area contributed by atoms with E-state index in [-0.39, 0.29) is 21.1 Å². The minimum absolute atomic E-state index is 0. The molecular formula is C44H36N10Pt. The van der Waals surface area contributed by atoms with Crippen molar-refractivity contribution in [3.8, 4) is 57.2 Å². The third kappa shape index (κ3) is 7.86. The predicted octanol–water partition coefficient (Wildman–Crippen LogP) is 8.98. The summed E-state index contributed by atoms with van der Waals surface area (Å²) in [6.45, 7) is 6.72. The van der Waals surface area contributed by atoms with Crippen molar-refractivity contribution in [2.75, 3.05) is 0 Å². The molecule has 6 heterocycles. The molecule has 0 aliphatic heterocycles. The summed E-state index contributed by atoms with van der Waals surface area (Å²) in [4.78, 5) is 27.1. The van der Waals surface area contributed by atoms with Crippen molar-refractivity contribution in [3.63, 3.8) is 0 Å². The number of fused-ring (bicyclic) bond motifs is 2. The molecule has 0 saturated heterocycles. The van der Waals surface area contributed by atoms with Crippen molar-refractivity contribution in [2.45, 2.75) is 33.6 Å². The summed E-state index contributed by atoms with van der Waals surface area (Å²) in [5, 5.41) is 21.5. The van der Waals surface area contributed by atoms with Gasteiger partial charge in [-0.25, -0.2) is 0 Å². The largest absolute Gasteiger partial charge is 2.00 e. The van der Waals surface area contributed by atoms with Crippen LogP contribution in [0.1, 0.15) is 31.5 Å². The Morgan fingerprint density at radius 2 is 1.09 bits per heavy atom. The van der Waals surface area contributed by atoms with E-state index in [1.54, 1.807) is 18.6 Å². The molecule has 0 saturated carbocycles. The van der Waals surface area contributed by atoms with Crippen LogP contribution in [0.2, 0.25) is 0 Å². The first-order valence-electron chi connectivity index (χ1n) is 18.0. The average Bonchev–Trinajstić information content (AvgIpc) is 3.94. The van der Waals surface area contributed by atoms with Crippen LogP contribution < -0.4 is 10.2 Å². The number of aryl methyl sites for hydroxylation is 1. The van der Waals surface area contributed by atoms with E-state index in [9.17, 15) is 0 Å². The molecule has 0 spiro atoms. The van der Waals surface area contributed by atoms with Gasteiger partial charge in [-0.3, -0.25) is 30.1 Å². The molecule has 0 amide bonds. The van der Waals surface area contributed by atoms with Crippen molar-refractivity contribution in [2.24, 2.45) is 5.92 Å². The molecule has 0 bridgehead atoms. The van der Waals surface area contributed by atoms with Crippen LogP contribution in [-0.2, 0) is 27.5 Å². The first-order chi connectivity index (χ1) is 26.6. The Morgan fingerprint density at radius 1 is 0.545 bits per heavy atom. The van der Waals surface area contributed by atoms with E-state index in [2.05, 4.69) is 122 Å². The molecule has 1 unspecified atom stereocenters. The van der Waals surface area contributed by atoms with Gasteiger partial charge in [0.2, 0.25) is 0 Å². The fraction of sp³-hybridized carbons (Fsp3) is 0.136. The second kappa shape index (κ2) is 16.8. The standard InChI is InChI=1S/C32H28N5.C12H8N5.Pt/c1-4-20(2)19-27-29(28-21(3)16-17-22-11-5-6-12-23(22)28)24-13-7-8-14-25(24)30(34-27)32-35-31(36-37-32)26-15-9-10-18-33-26;1-3-7-13-9(5-1)11-15-12(17-16-11)10-6-2-4-8-14-10;/h5-18,20H,4,19H2,1-3H3;1-8H;/q2*-1;+2. The van der Waals surface area contributed by atoms with E-state index in [4.69, 9.17) is 9.97 Å². The summed E-state index contributed by atoms with van der Waals surface area (Å²) in [7, 11) is 0. The van der Waals surface area contributed by atoms with E-state index in [0.717, 1.165) is 35.0 Å². The zero-order valence-corrected chi connectivity index (χ0v) is 32.8. The van der Waals surface area contributed by atoms with Gasteiger partial charge in [0.25, 0.3) is 0 Å². The zero-order chi connectivity index (χ0) is 36.9. The van der Waals surface area contributed by atoms with Gasteiger partial charge in [-0.05, 0) is 94.6 Å². The first kappa shape index (κ1) is 37.1. The minimum Gasteiger partial charge on any atom is -0.415 e. The molecule has 0 aliphatic rings. The maximum atomic E-state index is 5.30. The maximum Gasteiger partial charge on any atom is 2.00 e. The third-order valence-corrected chi connectivity index (χ3v) is 9.41. The van der Waals surface area contributed by atoms with Gasteiger partial charge in [0.1, 0.15) is 0 Å². The van der Waals surface area contributed by atoms with Gasteiger partial charge in [0.15, 0.2) is 0 Å². The first-order valence-corrected chi connectivity index (χ1v) is 18.0.